The molecule has 0 radical (unpaired) electrons. The summed E-state index contributed by atoms with van der Waals surface area (Å²) in [5.74, 6) is -4.20. The monoisotopic (exact) mass is 336 g/mol. The van der Waals surface area contributed by atoms with Crippen molar-refractivity contribution >= 4 is 15.6 Å². The lowest BCUT2D eigenvalue weighted by Crippen LogP contribution is -2.75. The van der Waals surface area contributed by atoms with E-state index in [1.165, 1.54) is 0 Å². The van der Waals surface area contributed by atoms with Gasteiger partial charge < -0.3 is 0 Å². The normalized spacial score (nSPS) is 65.3. The first kappa shape index (κ1) is 12.6. The molecule has 8 nitrogen and oxygen atoms in total. The van der Waals surface area contributed by atoms with Crippen LogP contribution >= 0.6 is 15.6 Å². The van der Waals surface area contributed by atoms with Crippen molar-refractivity contribution in [3.05, 3.63) is 0 Å². The molecule has 4 spiro atoms. The minimum absolute atomic E-state index is 0.342. The molecule has 8 rings (SSSR count). The van der Waals surface area contributed by atoms with Gasteiger partial charge in [-0.2, -0.15) is 0 Å². The first-order valence-electron chi connectivity index (χ1n) is 7.35. The SMILES string of the molecule is O=P12OC3(CCC4(CCCCC4)C45OP(=O)(O4)OC35O1)O2. The van der Waals surface area contributed by atoms with Gasteiger partial charge in [-0.05, 0) is 19.3 Å². The predicted molar refractivity (Wildman–Crippen MR) is 64.7 cm³/mol. The summed E-state index contributed by atoms with van der Waals surface area (Å²) in [4.78, 5) is 0. The van der Waals surface area contributed by atoms with E-state index >= 15 is 0 Å². The van der Waals surface area contributed by atoms with E-state index in [9.17, 15) is 9.13 Å². The van der Waals surface area contributed by atoms with Gasteiger partial charge in [0.05, 0.1) is 0 Å². The summed E-state index contributed by atoms with van der Waals surface area (Å²) in [6.07, 6.45) is 6.19. The highest BCUT2D eigenvalue weighted by molar-refractivity contribution is 7.51. The topological polar surface area (TPSA) is 89.5 Å². The van der Waals surface area contributed by atoms with Gasteiger partial charge in [0.15, 0.2) is 0 Å². The molecular weight excluding hydrogens is 322 g/mol. The fourth-order valence-corrected chi connectivity index (χ4v) is 8.88. The Hall–Kier alpha value is 0.220. The Morgan fingerprint density at radius 3 is 1.86 bits per heavy atom. The van der Waals surface area contributed by atoms with E-state index in [-0.39, 0.29) is 5.41 Å². The number of rotatable bonds is 0. The van der Waals surface area contributed by atoms with E-state index in [1.54, 1.807) is 0 Å². The standard InChI is InChI=1S/C11H14O8P2/c12-20-14-9(15-20)7-6-8(4-2-1-3-5-8)10-11(9,18-20)19-21(13,16-10)17-10/h1-7H2. The molecule has 8 aliphatic rings. The van der Waals surface area contributed by atoms with Crippen molar-refractivity contribution in [1.29, 1.82) is 0 Å². The van der Waals surface area contributed by atoms with Crippen LogP contribution in [0.5, 0.6) is 0 Å². The van der Waals surface area contributed by atoms with Crippen LogP contribution < -0.4 is 0 Å². The summed E-state index contributed by atoms with van der Waals surface area (Å²) in [5, 5.41) is 0. The third-order valence-corrected chi connectivity index (χ3v) is 8.82. The van der Waals surface area contributed by atoms with Crippen molar-refractivity contribution in [3.8, 4) is 0 Å². The van der Waals surface area contributed by atoms with Crippen LogP contribution in [0, 0.1) is 5.41 Å². The number of hydrogen-bond donors (Lipinski definition) is 0. The van der Waals surface area contributed by atoms with Crippen molar-refractivity contribution in [2.24, 2.45) is 5.41 Å². The third kappa shape index (κ3) is 1.04. The molecule has 6 aliphatic heterocycles. The van der Waals surface area contributed by atoms with Crippen LogP contribution in [0.2, 0.25) is 0 Å². The van der Waals surface area contributed by atoms with Crippen LogP contribution in [0.15, 0.2) is 0 Å². The van der Waals surface area contributed by atoms with Crippen LogP contribution in [-0.4, -0.2) is 17.4 Å². The summed E-state index contributed by atoms with van der Waals surface area (Å²) in [6, 6.07) is 0. The molecule has 0 aromatic carbocycles. The minimum atomic E-state index is -3.64. The highest BCUT2D eigenvalue weighted by Gasteiger charge is 3.01. The van der Waals surface area contributed by atoms with Crippen LogP contribution in [0.1, 0.15) is 44.9 Å². The Morgan fingerprint density at radius 2 is 1.19 bits per heavy atom. The third-order valence-electron chi connectivity index (χ3n) is 5.86. The Labute approximate surface area is 120 Å². The Morgan fingerprint density at radius 1 is 0.619 bits per heavy atom. The van der Waals surface area contributed by atoms with Gasteiger partial charge in [0.2, 0.25) is 0 Å². The van der Waals surface area contributed by atoms with Crippen molar-refractivity contribution in [2.75, 3.05) is 0 Å². The maximum Gasteiger partial charge on any atom is 0.483 e. The van der Waals surface area contributed by atoms with Gasteiger partial charge in [0.25, 0.3) is 17.4 Å². The smallest absolute Gasteiger partial charge is 0.247 e. The van der Waals surface area contributed by atoms with E-state index in [4.69, 9.17) is 27.1 Å². The maximum absolute atomic E-state index is 12.3. The molecule has 1 atom stereocenters. The molecule has 0 amide bonds. The Bertz CT molecular complexity index is 645. The molecule has 6 saturated heterocycles. The largest absolute Gasteiger partial charge is 0.483 e. The highest BCUT2D eigenvalue weighted by atomic mass is 31.2. The predicted octanol–water partition coefficient (Wildman–Crippen LogP) is 3.19. The first-order chi connectivity index (χ1) is 9.91. The molecule has 6 heterocycles. The van der Waals surface area contributed by atoms with Crippen LogP contribution in [-0.2, 0) is 36.3 Å². The van der Waals surface area contributed by atoms with Crippen LogP contribution in [0.25, 0.3) is 0 Å². The van der Waals surface area contributed by atoms with Crippen molar-refractivity contribution in [3.63, 3.8) is 0 Å². The average molecular weight is 336 g/mol. The van der Waals surface area contributed by atoms with Crippen LogP contribution in [0.3, 0.4) is 0 Å². The molecule has 2 saturated carbocycles. The molecule has 21 heavy (non-hydrogen) atoms. The summed E-state index contributed by atoms with van der Waals surface area (Å²) in [7, 11) is -7.25. The average Bonchev–Trinajstić information content (AvgIpc) is 2.96. The van der Waals surface area contributed by atoms with E-state index in [0.29, 0.717) is 6.42 Å². The Kier molecular flexibility index (Phi) is 1.85. The fraction of sp³-hybridized carbons (Fsp3) is 1.00. The van der Waals surface area contributed by atoms with Crippen molar-refractivity contribution in [2.45, 2.75) is 62.3 Å². The number of phosphoric ester groups is 2. The fourth-order valence-electron chi connectivity index (χ4n) is 5.02. The number of hydrogen-bond acceptors (Lipinski definition) is 8. The second kappa shape index (κ2) is 3.08. The number of phosphoric acid groups is 2. The van der Waals surface area contributed by atoms with Gasteiger partial charge in [-0.15, -0.1) is 0 Å². The van der Waals surface area contributed by atoms with Gasteiger partial charge in [-0.3, -0.25) is 0 Å². The summed E-state index contributed by atoms with van der Waals surface area (Å²) in [5.41, 5.74) is -0.342. The lowest BCUT2D eigenvalue weighted by molar-refractivity contribution is -0.404. The molecule has 0 N–H and O–H groups in total. The zero-order valence-electron chi connectivity index (χ0n) is 11.1. The van der Waals surface area contributed by atoms with Crippen LogP contribution in [0.4, 0.5) is 0 Å². The lowest BCUT2D eigenvalue weighted by atomic mass is 9.58. The lowest BCUT2D eigenvalue weighted by Gasteiger charge is -2.59. The first-order valence-corrected chi connectivity index (χ1v) is 10.3. The van der Waals surface area contributed by atoms with Gasteiger partial charge in [-0.25, -0.2) is 36.3 Å². The maximum atomic E-state index is 12.3. The summed E-state index contributed by atoms with van der Waals surface area (Å²) in [6.45, 7) is 0. The van der Waals surface area contributed by atoms with E-state index in [0.717, 1.165) is 38.5 Å². The summed E-state index contributed by atoms with van der Waals surface area (Å²) < 4.78 is 57.7. The van der Waals surface area contributed by atoms with Gasteiger partial charge in [0, 0.05) is 11.8 Å². The van der Waals surface area contributed by atoms with Crippen molar-refractivity contribution in [1.82, 2.24) is 0 Å². The zero-order valence-corrected chi connectivity index (χ0v) is 12.9. The molecule has 0 aromatic heterocycles. The molecule has 10 heteroatoms. The van der Waals surface area contributed by atoms with Gasteiger partial charge in [-0.1, -0.05) is 19.3 Å². The highest BCUT2D eigenvalue weighted by Crippen LogP contribution is 2.95. The van der Waals surface area contributed by atoms with Gasteiger partial charge in [0.1, 0.15) is 0 Å². The Balaban J connectivity index is 1.58. The molecule has 1 unspecified atom stereocenters. The molecule has 4 bridgehead atoms. The van der Waals surface area contributed by atoms with Gasteiger partial charge >= 0.3 is 15.6 Å². The second-order valence-electron chi connectivity index (χ2n) is 6.77. The molecular formula is C11H14O8P2. The second-order valence-corrected chi connectivity index (χ2v) is 9.65. The van der Waals surface area contributed by atoms with E-state index in [2.05, 4.69) is 0 Å². The minimum Gasteiger partial charge on any atom is -0.247 e. The molecule has 2 aliphatic carbocycles. The van der Waals surface area contributed by atoms with E-state index in [1.807, 2.05) is 0 Å². The zero-order chi connectivity index (χ0) is 14.2. The summed E-state index contributed by atoms with van der Waals surface area (Å²) >= 11 is 0. The molecule has 0 aromatic rings. The quantitative estimate of drug-likeness (QED) is 0.623. The van der Waals surface area contributed by atoms with Crippen molar-refractivity contribution < 1.29 is 36.3 Å². The van der Waals surface area contributed by atoms with E-state index < -0.39 is 33.0 Å². The molecule has 116 valence electrons. The molecule has 8 fully saturated rings.